The van der Waals surface area contributed by atoms with Gasteiger partial charge in [0.15, 0.2) is 0 Å². The Hall–Kier alpha value is -1.62. The van der Waals surface area contributed by atoms with E-state index in [4.69, 9.17) is 14.0 Å². The lowest BCUT2D eigenvalue weighted by molar-refractivity contribution is 0.00578. The molecule has 1 heterocycles. The summed E-state index contributed by atoms with van der Waals surface area (Å²) >= 11 is 0. The molecule has 0 unspecified atom stereocenters. The van der Waals surface area contributed by atoms with E-state index < -0.39 is 0 Å². The predicted molar refractivity (Wildman–Crippen MR) is 113 cm³/mol. The lowest BCUT2D eigenvalue weighted by atomic mass is 9.79. The van der Waals surface area contributed by atoms with Gasteiger partial charge in [0.2, 0.25) is 0 Å². The first-order valence-electron chi connectivity index (χ1n) is 10.3. The van der Waals surface area contributed by atoms with E-state index in [2.05, 4.69) is 83.1 Å². The number of aryl methyl sites for hydroxylation is 1. The van der Waals surface area contributed by atoms with Crippen LogP contribution in [-0.2, 0) is 20.7 Å². The second-order valence-electron chi connectivity index (χ2n) is 9.30. The summed E-state index contributed by atoms with van der Waals surface area (Å²) in [5.41, 5.74) is 3.26. The fourth-order valence-corrected chi connectivity index (χ4v) is 4.18. The second kappa shape index (κ2) is 7.33. The predicted octanol–water partition coefficient (Wildman–Crippen LogP) is 5.39. The molecule has 0 amide bonds. The standard InChI is InChI=1S/C24H31BO3/c1-17-11-13-19(14-12-17)21-20(16-26-15-18-9-7-6-8-10-18)22(21)25-27-23(2,3)24(4,5)28-25/h6-14,20-22H,15-16H2,1-5H3/t20-,21-,22-/m0/s1. The van der Waals surface area contributed by atoms with Crippen molar-refractivity contribution in [2.75, 3.05) is 6.61 Å². The van der Waals surface area contributed by atoms with Crippen molar-refractivity contribution in [2.45, 2.75) is 64.2 Å². The van der Waals surface area contributed by atoms with Crippen LogP contribution in [0.5, 0.6) is 0 Å². The Bertz CT molecular complexity index is 784. The maximum Gasteiger partial charge on any atom is 0.462 e. The minimum atomic E-state index is -0.298. The van der Waals surface area contributed by atoms with Gasteiger partial charge in [-0.1, -0.05) is 60.2 Å². The lowest BCUT2D eigenvalue weighted by Gasteiger charge is -2.32. The third kappa shape index (κ3) is 3.78. The highest BCUT2D eigenvalue weighted by atomic mass is 16.7. The molecule has 0 N–H and O–H groups in total. The summed E-state index contributed by atoms with van der Waals surface area (Å²) in [4.78, 5) is 0. The number of rotatable bonds is 6. The number of benzene rings is 2. The Morgan fingerprint density at radius 2 is 1.50 bits per heavy atom. The Morgan fingerprint density at radius 3 is 2.11 bits per heavy atom. The van der Waals surface area contributed by atoms with E-state index in [-0.39, 0.29) is 18.3 Å². The first-order chi connectivity index (χ1) is 13.3. The molecule has 148 valence electrons. The quantitative estimate of drug-likeness (QED) is 0.631. The van der Waals surface area contributed by atoms with Gasteiger partial charge < -0.3 is 14.0 Å². The molecule has 0 aromatic heterocycles. The molecule has 2 aromatic rings. The van der Waals surface area contributed by atoms with Crippen molar-refractivity contribution in [2.24, 2.45) is 5.92 Å². The van der Waals surface area contributed by atoms with Crippen LogP contribution in [0.4, 0.5) is 0 Å². The summed E-state index contributed by atoms with van der Waals surface area (Å²) in [6.45, 7) is 12.0. The van der Waals surface area contributed by atoms with Gasteiger partial charge in [-0.05, 0) is 57.6 Å². The minimum absolute atomic E-state index is 0.179. The summed E-state index contributed by atoms with van der Waals surface area (Å²) in [5, 5.41) is 0. The van der Waals surface area contributed by atoms with Crippen LogP contribution in [0, 0.1) is 12.8 Å². The molecule has 2 fully saturated rings. The van der Waals surface area contributed by atoms with Gasteiger partial charge in [-0.15, -0.1) is 0 Å². The van der Waals surface area contributed by atoms with Crippen molar-refractivity contribution in [3.63, 3.8) is 0 Å². The van der Waals surface area contributed by atoms with E-state index in [1.807, 2.05) is 6.07 Å². The molecule has 28 heavy (non-hydrogen) atoms. The van der Waals surface area contributed by atoms with E-state index in [1.165, 1.54) is 16.7 Å². The van der Waals surface area contributed by atoms with E-state index in [0.29, 0.717) is 24.3 Å². The van der Waals surface area contributed by atoms with Crippen molar-refractivity contribution in [1.82, 2.24) is 0 Å². The molecule has 2 aliphatic rings. The minimum Gasteiger partial charge on any atom is -0.403 e. The van der Waals surface area contributed by atoms with Crippen molar-refractivity contribution in [3.8, 4) is 0 Å². The van der Waals surface area contributed by atoms with Crippen LogP contribution < -0.4 is 0 Å². The summed E-state index contributed by atoms with van der Waals surface area (Å²) in [6.07, 6.45) is 0. The molecule has 1 saturated heterocycles. The van der Waals surface area contributed by atoms with E-state index >= 15 is 0 Å². The molecule has 3 atom stereocenters. The van der Waals surface area contributed by atoms with Crippen LogP contribution in [-0.4, -0.2) is 24.9 Å². The van der Waals surface area contributed by atoms with Gasteiger partial charge in [-0.25, -0.2) is 0 Å². The van der Waals surface area contributed by atoms with Crippen LogP contribution >= 0.6 is 0 Å². The maximum absolute atomic E-state index is 6.38. The largest absolute Gasteiger partial charge is 0.462 e. The first kappa shape index (κ1) is 19.7. The van der Waals surface area contributed by atoms with E-state index in [1.54, 1.807) is 0 Å². The molecule has 0 radical (unpaired) electrons. The average molecular weight is 378 g/mol. The fraction of sp³-hybridized carbons (Fsp3) is 0.500. The topological polar surface area (TPSA) is 27.7 Å². The molecule has 2 aromatic carbocycles. The third-order valence-corrected chi connectivity index (χ3v) is 6.70. The number of hydrogen-bond acceptors (Lipinski definition) is 3. The SMILES string of the molecule is Cc1ccc([C@H]2[C@H](COCc3ccccc3)[C@@H]2B2OC(C)(C)C(C)(C)O2)cc1. The Morgan fingerprint density at radius 1 is 0.893 bits per heavy atom. The van der Waals surface area contributed by atoms with Crippen LogP contribution in [0.15, 0.2) is 54.6 Å². The summed E-state index contributed by atoms with van der Waals surface area (Å²) in [5.74, 6) is 1.17. The Balaban J connectivity index is 1.47. The molecule has 0 spiro atoms. The molecule has 4 rings (SSSR count). The molecular weight excluding hydrogens is 347 g/mol. The molecule has 1 aliphatic carbocycles. The van der Waals surface area contributed by atoms with Crippen LogP contribution in [0.25, 0.3) is 0 Å². The van der Waals surface area contributed by atoms with Crippen LogP contribution in [0.2, 0.25) is 5.82 Å². The molecule has 1 saturated carbocycles. The Labute approximate surface area is 169 Å². The summed E-state index contributed by atoms with van der Waals surface area (Å²) in [6, 6.07) is 19.2. The van der Waals surface area contributed by atoms with Gasteiger partial charge in [-0.2, -0.15) is 0 Å². The zero-order chi connectivity index (χ0) is 19.9. The number of ether oxygens (including phenoxy) is 1. The highest BCUT2D eigenvalue weighted by molar-refractivity contribution is 6.49. The van der Waals surface area contributed by atoms with Crippen molar-refractivity contribution in [3.05, 3.63) is 71.3 Å². The normalized spacial score (nSPS) is 27.8. The zero-order valence-electron chi connectivity index (χ0n) is 17.6. The first-order valence-corrected chi connectivity index (χ1v) is 10.3. The monoisotopic (exact) mass is 378 g/mol. The highest BCUT2D eigenvalue weighted by Crippen LogP contribution is 2.63. The van der Waals surface area contributed by atoms with Gasteiger partial charge in [0.05, 0.1) is 24.4 Å². The average Bonchev–Trinajstić information content (AvgIpc) is 3.30. The molecule has 1 aliphatic heterocycles. The van der Waals surface area contributed by atoms with Gasteiger partial charge in [0.1, 0.15) is 0 Å². The highest BCUT2D eigenvalue weighted by Gasteiger charge is 2.65. The second-order valence-corrected chi connectivity index (χ2v) is 9.30. The smallest absolute Gasteiger partial charge is 0.403 e. The summed E-state index contributed by atoms with van der Waals surface area (Å²) in [7, 11) is -0.179. The van der Waals surface area contributed by atoms with Crippen LogP contribution in [0.3, 0.4) is 0 Å². The van der Waals surface area contributed by atoms with Gasteiger partial charge in [0, 0.05) is 5.82 Å². The van der Waals surface area contributed by atoms with Crippen molar-refractivity contribution < 1.29 is 14.0 Å². The van der Waals surface area contributed by atoms with E-state index in [0.717, 1.165) is 6.61 Å². The molecule has 3 nitrogen and oxygen atoms in total. The summed E-state index contributed by atoms with van der Waals surface area (Å²) < 4.78 is 18.9. The Kier molecular flexibility index (Phi) is 5.15. The van der Waals surface area contributed by atoms with Crippen molar-refractivity contribution in [1.29, 1.82) is 0 Å². The molecule has 4 heteroatoms. The number of hydrogen-bond donors (Lipinski definition) is 0. The van der Waals surface area contributed by atoms with Crippen molar-refractivity contribution >= 4 is 7.12 Å². The molecule has 0 bridgehead atoms. The van der Waals surface area contributed by atoms with Gasteiger partial charge >= 0.3 is 7.12 Å². The lowest BCUT2D eigenvalue weighted by Crippen LogP contribution is -2.41. The molecular formula is C24H31BO3. The third-order valence-electron chi connectivity index (χ3n) is 6.70. The van der Waals surface area contributed by atoms with Crippen LogP contribution in [0.1, 0.15) is 50.3 Å². The van der Waals surface area contributed by atoms with Gasteiger partial charge in [0.25, 0.3) is 0 Å². The van der Waals surface area contributed by atoms with E-state index in [9.17, 15) is 0 Å². The fourth-order valence-electron chi connectivity index (χ4n) is 4.18. The zero-order valence-corrected chi connectivity index (χ0v) is 17.6. The maximum atomic E-state index is 6.38. The van der Waals surface area contributed by atoms with Gasteiger partial charge in [-0.3, -0.25) is 0 Å².